The van der Waals surface area contributed by atoms with Crippen LogP contribution in [0.5, 0.6) is 0 Å². The minimum atomic E-state index is 0.0890. The Morgan fingerprint density at radius 2 is 2.07 bits per heavy atom. The lowest BCUT2D eigenvalue weighted by molar-refractivity contribution is -0.127. The largest absolute Gasteiger partial charge is 0.341 e. The average Bonchev–Trinajstić information content (AvgIpc) is 2.72. The topological polar surface area (TPSA) is 46.3 Å². The highest BCUT2D eigenvalue weighted by Gasteiger charge is 2.27. The molecule has 0 radical (unpaired) electrons. The van der Waals surface area contributed by atoms with Crippen LogP contribution >= 0.6 is 0 Å². The van der Waals surface area contributed by atoms with Crippen LogP contribution in [0.25, 0.3) is 0 Å². The molecule has 1 aliphatic heterocycles. The number of likely N-dealkylation sites (tertiary alicyclic amines) is 1. The molecule has 1 aliphatic carbocycles. The number of nitrogens with zero attached hydrogens (tertiary/aromatic N) is 1. The summed E-state index contributed by atoms with van der Waals surface area (Å²) >= 11 is 0. The van der Waals surface area contributed by atoms with Gasteiger partial charge in [0.1, 0.15) is 0 Å². The maximum atomic E-state index is 11.4. The van der Waals surface area contributed by atoms with Crippen molar-refractivity contribution in [2.75, 3.05) is 13.1 Å². The second-order valence-corrected chi connectivity index (χ2v) is 4.74. The van der Waals surface area contributed by atoms with Crippen molar-refractivity contribution < 1.29 is 4.79 Å². The summed E-state index contributed by atoms with van der Waals surface area (Å²) in [7, 11) is 0. The van der Waals surface area contributed by atoms with Crippen LogP contribution in [0.1, 0.15) is 38.5 Å². The van der Waals surface area contributed by atoms with Crippen molar-refractivity contribution in [2.45, 2.75) is 44.6 Å². The zero-order valence-corrected chi connectivity index (χ0v) is 8.74. The third-order valence-electron chi connectivity index (χ3n) is 3.53. The molecule has 80 valence electrons. The van der Waals surface area contributed by atoms with Crippen molar-refractivity contribution in [3.8, 4) is 0 Å². The number of rotatable bonds is 3. The Bertz CT molecular complexity index is 211. The van der Waals surface area contributed by atoms with Gasteiger partial charge in [0.15, 0.2) is 0 Å². The Hall–Kier alpha value is -0.570. The van der Waals surface area contributed by atoms with Crippen LogP contribution in [-0.4, -0.2) is 29.9 Å². The zero-order valence-electron chi connectivity index (χ0n) is 8.74. The molecule has 1 atom stereocenters. The van der Waals surface area contributed by atoms with Gasteiger partial charge in [-0.15, -0.1) is 0 Å². The molecule has 0 bridgehead atoms. The van der Waals surface area contributed by atoms with Crippen LogP contribution < -0.4 is 5.73 Å². The predicted molar refractivity (Wildman–Crippen MR) is 55.7 cm³/mol. The number of carbonyl (C=O) groups is 1. The molecule has 2 rings (SSSR count). The lowest BCUT2D eigenvalue weighted by Crippen LogP contribution is -2.29. The highest BCUT2D eigenvalue weighted by molar-refractivity contribution is 5.79. The first-order chi connectivity index (χ1) is 6.75. The number of hydrogen-bond acceptors (Lipinski definition) is 2. The van der Waals surface area contributed by atoms with E-state index in [0.29, 0.717) is 6.42 Å². The Labute approximate surface area is 85.6 Å². The molecule has 0 aromatic heterocycles. The van der Waals surface area contributed by atoms with E-state index in [-0.39, 0.29) is 11.9 Å². The second-order valence-electron chi connectivity index (χ2n) is 4.74. The maximum Gasteiger partial charge on any atom is 0.224 e. The molecule has 1 saturated carbocycles. The average molecular weight is 196 g/mol. The van der Waals surface area contributed by atoms with Gasteiger partial charge in [-0.2, -0.15) is 0 Å². The van der Waals surface area contributed by atoms with E-state index in [1.54, 1.807) is 0 Å². The quantitative estimate of drug-likeness (QED) is 0.735. The van der Waals surface area contributed by atoms with Gasteiger partial charge in [-0.1, -0.05) is 25.7 Å². The SMILES string of the molecule is NC1CC(=O)N(CCC2CCCC2)C1. The summed E-state index contributed by atoms with van der Waals surface area (Å²) in [5.41, 5.74) is 5.74. The predicted octanol–water partition coefficient (Wildman–Crippen LogP) is 1.13. The van der Waals surface area contributed by atoms with E-state index in [2.05, 4.69) is 0 Å². The van der Waals surface area contributed by atoms with Gasteiger partial charge >= 0.3 is 0 Å². The lowest BCUT2D eigenvalue weighted by atomic mass is 10.0. The van der Waals surface area contributed by atoms with Gasteiger partial charge in [-0.3, -0.25) is 4.79 Å². The lowest BCUT2D eigenvalue weighted by Gasteiger charge is -2.18. The number of nitrogens with two attached hydrogens (primary N) is 1. The Morgan fingerprint density at radius 1 is 1.36 bits per heavy atom. The highest BCUT2D eigenvalue weighted by atomic mass is 16.2. The molecule has 2 aliphatic rings. The van der Waals surface area contributed by atoms with E-state index < -0.39 is 0 Å². The molecule has 3 nitrogen and oxygen atoms in total. The van der Waals surface area contributed by atoms with E-state index >= 15 is 0 Å². The number of hydrogen-bond donors (Lipinski definition) is 1. The maximum absolute atomic E-state index is 11.4. The molecule has 1 heterocycles. The first kappa shape index (κ1) is 9.97. The first-order valence-electron chi connectivity index (χ1n) is 5.79. The molecular weight excluding hydrogens is 176 g/mol. The summed E-state index contributed by atoms with van der Waals surface area (Å²) in [6.45, 7) is 1.72. The van der Waals surface area contributed by atoms with Crippen molar-refractivity contribution in [3.63, 3.8) is 0 Å². The minimum absolute atomic E-state index is 0.0890. The first-order valence-corrected chi connectivity index (χ1v) is 5.79. The molecule has 1 saturated heterocycles. The Balaban J connectivity index is 1.72. The van der Waals surface area contributed by atoms with E-state index in [9.17, 15) is 4.79 Å². The van der Waals surface area contributed by atoms with Crippen LogP contribution in [0.15, 0.2) is 0 Å². The third kappa shape index (κ3) is 2.27. The van der Waals surface area contributed by atoms with Gasteiger partial charge < -0.3 is 10.6 Å². The minimum Gasteiger partial charge on any atom is -0.341 e. The fourth-order valence-electron chi connectivity index (χ4n) is 2.66. The molecule has 1 amide bonds. The zero-order chi connectivity index (χ0) is 9.97. The molecule has 2 N–H and O–H groups in total. The van der Waals surface area contributed by atoms with E-state index in [0.717, 1.165) is 19.0 Å². The summed E-state index contributed by atoms with van der Waals surface area (Å²) in [4.78, 5) is 13.4. The summed E-state index contributed by atoms with van der Waals surface area (Å²) < 4.78 is 0. The smallest absolute Gasteiger partial charge is 0.224 e. The van der Waals surface area contributed by atoms with Crippen LogP contribution in [-0.2, 0) is 4.79 Å². The van der Waals surface area contributed by atoms with E-state index in [1.807, 2.05) is 4.90 Å². The van der Waals surface area contributed by atoms with Crippen LogP contribution in [0.3, 0.4) is 0 Å². The molecule has 14 heavy (non-hydrogen) atoms. The molecule has 1 unspecified atom stereocenters. The summed E-state index contributed by atoms with van der Waals surface area (Å²) in [5.74, 6) is 1.13. The van der Waals surface area contributed by atoms with Gasteiger partial charge in [0, 0.05) is 25.6 Å². The van der Waals surface area contributed by atoms with Crippen molar-refractivity contribution in [1.29, 1.82) is 0 Å². The fraction of sp³-hybridized carbons (Fsp3) is 0.909. The summed E-state index contributed by atoms with van der Waals surface area (Å²) in [6, 6.07) is 0.0890. The number of amides is 1. The van der Waals surface area contributed by atoms with Gasteiger partial charge in [0.25, 0.3) is 0 Å². The Kier molecular flexibility index (Phi) is 3.06. The van der Waals surface area contributed by atoms with Gasteiger partial charge in [0.2, 0.25) is 5.91 Å². The standard InChI is InChI=1S/C11H20N2O/c12-10-7-11(14)13(8-10)6-5-9-3-1-2-4-9/h9-10H,1-8,12H2. The van der Waals surface area contributed by atoms with E-state index in [1.165, 1.54) is 32.1 Å². The van der Waals surface area contributed by atoms with Crippen molar-refractivity contribution in [1.82, 2.24) is 4.90 Å². The van der Waals surface area contributed by atoms with Crippen LogP contribution in [0, 0.1) is 5.92 Å². The molecular formula is C11H20N2O. The molecule has 0 spiro atoms. The third-order valence-corrected chi connectivity index (χ3v) is 3.53. The van der Waals surface area contributed by atoms with Gasteiger partial charge in [0.05, 0.1) is 0 Å². The van der Waals surface area contributed by atoms with Gasteiger partial charge in [-0.25, -0.2) is 0 Å². The number of carbonyl (C=O) groups excluding carboxylic acids is 1. The van der Waals surface area contributed by atoms with Crippen molar-refractivity contribution >= 4 is 5.91 Å². The Morgan fingerprint density at radius 3 is 2.64 bits per heavy atom. The molecule has 2 fully saturated rings. The normalized spacial score (nSPS) is 29.1. The monoisotopic (exact) mass is 196 g/mol. The van der Waals surface area contributed by atoms with Gasteiger partial charge in [-0.05, 0) is 12.3 Å². The van der Waals surface area contributed by atoms with E-state index in [4.69, 9.17) is 5.73 Å². The van der Waals surface area contributed by atoms with Crippen LogP contribution in [0.2, 0.25) is 0 Å². The molecule has 0 aromatic carbocycles. The van der Waals surface area contributed by atoms with Crippen LogP contribution in [0.4, 0.5) is 0 Å². The van der Waals surface area contributed by atoms with Crippen molar-refractivity contribution in [3.05, 3.63) is 0 Å². The van der Waals surface area contributed by atoms with Crippen molar-refractivity contribution in [2.24, 2.45) is 11.7 Å². The molecule has 0 aromatic rings. The fourth-order valence-corrected chi connectivity index (χ4v) is 2.66. The summed E-state index contributed by atoms with van der Waals surface area (Å²) in [6.07, 6.45) is 7.27. The molecule has 3 heteroatoms. The second kappa shape index (κ2) is 4.30. The highest BCUT2D eigenvalue weighted by Crippen LogP contribution is 2.28. The summed E-state index contributed by atoms with van der Waals surface area (Å²) in [5, 5.41) is 0.